The molecule has 0 aliphatic carbocycles. The number of hydrogen-bond donors (Lipinski definition) is 0. The van der Waals surface area contributed by atoms with Gasteiger partial charge in [-0.3, -0.25) is 0 Å². The van der Waals surface area contributed by atoms with Gasteiger partial charge >= 0.3 is 0 Å². The number of hydrogen-bond acceptors (Lipinski definition) is 4. The first kappa shape index (κ1) is 13.4. The molecule has 0 bridgehead atoms. The van der Waals surface area contributed by atoms with Crippen molar-refractivity contribution < 1.29 is 37.9 Å². The average molecular weight is 665 g/mol. The molecule has 2 aromatic carbocycles. The largest absolute Gasteiger partial charge is 0.309 e. The van der Waals surface area contributed by atoms with Crippen LogP contribution in [0.25, 0.3) is 31.6 Å². The van der Waals surface area contributed by atoms with Crippen LogP contribution in [0.15, 0.2) is 83.5 Å². The summed E-state index contributed by atoms with van der Waals surface area (Å²) in [6, 6.07) is 16.2. The molecule has 3 nitrogen and oxygen atoms in total. The van der Waals surface area contributed by atoms with E-state index in [9.17, 15) is 0 Å². The number of allylic oxidation sites excluding steroid dienone is 1. The van der Waals surface area contributed by atoms with Crippen LogP contribution in [-0.4, -0.2) is 15.7 Å². The van der Waals surface area contributed by atoms with Crippen molar-refractivity contribution in [1.82, 2.24) is 9.97 Å². The quantitative estimate of drug-likeness (QED) is 0.180. The third kappa shape index (κ3) is 5.65. The molecule has 0 amide bonds. The molecule has 0 unspecified atom stereocenters. The standard InChI is InChI=1S/C17H11N2S.C13H14N.Ir/c1-11-8-9-13-12-5-4-6-14(15-7-2-3-10-18-15)16(12)20-17(13)19-11;1-10-3-6-12(7-4-10)13-8-5-11(2)9-14-13;/h2-5,7-10H,1H3;3-4,6,9H,5,8H2,1-2H3;/q2*-1;/i1D3,2D,3D,7D,10D;1D3,2D3;. The van der Waals surface area contributed by atoms with E-state index in [0.29, 0.717) is 39.1 Å². The zero-order valence-corrected chi connectivity index (χ0v) is 21.3. The molecule has 6 rings (SSSR count). The van der Waals surface area contributed by atoms with Crippen molar-refractivity contribution in [2.75, 3.05) is 0 Å². The minimum Gasteiger partial charge on any atom is -0.309 e. The van der Waals surface area contributed by atoms with Gasteiger partial charge in [0, 0.05) is 50.5 Å². The summed E-state index contributed by atoms with van der Waals surface area (Å²) in [5.74, 6) is 0. The second-order valence-electron chi connectivity index (χ2n) is 7.42. The van der Waals surface area contributed by atoms with Crippen LogP contribution < -0.4 is 0 Å². The van der Waals surface area contributed by atoms with Crippen LogP contribution >= 0.6 is 11.3 Å². The van der Waals surface area contributed by atoms with Crippen LogP contribution in [0.2, 0.25) is 0 Å². The number of pyridine rings is 2. The van der Waals surface area contributed by atoms with Crippen molar-refractivity contribution in [1.29, 1.82) is 0 Å². The van der Waals surface area contributed by atoms with E-state index in [1.54, 1.807) is 18.2 Å². The third-order valence-corrected chi connectivity index (χ3v) is 6.27. The van der Waals surface area contributed by atoms with Gasteiger partial charge in [-0.1, -0.05) is 36.0 Å². The van der Waals surface area contributed by atoms with Crippen LogP contribution in [0.4, 0.5) is 0 Å². The zero-order chi connectivity index (χ0) is 34.5. The Morgan fingerprint density at radius 3 is 2.74 bits per heavy atom. The molecule has 0 atom stereocenters. The Labute approximate surface area is 242 Å². The van der Waals surface area contributed by atoms with Crippen LogP contribution in [0, 0.1) is 25.8 Å². The Morgan fingerprint density at radius 1 is 1.00 bits per heavy atom. The summed E-state index contributed by atoms with van der Waals surface area (Å²) in [7, 11) is 0. The molecule has 0 saturated heterocycles. The SMILES string of the molecule is [2H]C([2H])([2H])C1=CN=C(c2[c-]cc(C([2H])([2H])[2H])cc2)CC1.[2H]c1nc(-c2[c-]ccc3c2sc2nc(C([2H])([2H])[2H])ccc23)c([2H])c([2H])c1[2H].[Ir]. The van der Waals surface area contributed by atoms with Gasteiger partial charge in [0.25, 0.3) is 0 Å². The molecule has 177 valence electrons. The van der Waals surface area contributed by atoms with E-state index in [0.717, 1.165) is 16.5 Å². The molecule has 1 radical (unpaired) electrons. The van der Waals surface area contributed by atoms with E-state index in [1.165, 1.54) is 35.7 Å². The summed E-state index contributed by atoms with van der Waals surface area (Å²) in [5, 5.41) is 1.58. The fraction of sp³-hybridized carbons (Fsp3) is 0.167. The Balaban J connectivity index is 0.000000222. The van der Waals surface area contributed by atoms with E-state index in [4.69, 9.17) is 17.8 Å². The van der Waals surface area contributed by atoms with Gasteiger partial charge in [-0.05, 0) is 60.1 Å². The Bertz CT molecular complexity index is 2050. The Kier molecular flexibility index (Phi) is 4.27. The van der Waals surface area contributed by atoms with E-state index in [1.807, 2.05) is 6.07 Å². The summed E-state index contributed by atoms with van der Waals surface area (Å²) in [4.78, 5) is 13.0. The minimum absolute atomic E-state index is 0. The predicted octanol–water partition coefficient (Wildman–Crippen LogP) is 7.90. The van der Waals surface area contributed by atoms with E-state index in [2.05, 4.69) is 27.1 Å². The van der Waals surface area contributed by atoms with Crippen LogP contribution in [0.5, 0.6) is 0 Å². The second kappa shape index (κ2) is 11.2. The van der Waals surface area contributed by atoms with Crippen molar-refractivity contribution in [2.24, 2.45) is 4.99 Å². The summed E-state index contributed by atoms with van der Waals surface area (Å²) in [5.41, 5.74) is 2.57. The monoisotopic (exact) mass is 665 g/mol. The van der Waals surface area contributed by atoms with Gasteiger partial charge in [-0.15, -0.1) is 59.2 Å². The van der Waals surface area contributed by atoms with Gasteiger partial charge in [-0.2, -0.15) is 11.3 Å². The molecule has 0 fully saturated rings. The molecule has 5 heteroatoms. The zero-order valence-electron chi connectivity index (χ0n) is 31.1. The first-order valence-corrected chi connectivity index (χ1v) is 11.2. The second-order valence-corrected chi connectivity index (χ2v) is 8.41. The maximum Gasteiger partial charge on any atom is 0.113 e. The predicted molar refractivity (Wildman–Crippen MR) is 143 cm³/mol. The normalized spacial score (nSPS) is 19.4. The summed E-state index contributed by atoms with van der Waals surface area (Å²) in [6.07, 6.45) is 1.97. The van der Waals surface area contributed by atoms with Gasteiger partial charge in [0.05, 0.1) is 5.48 Å². The number of aliphatic imine (C=N–C) groups is 1. The molecule has 35 heavy (non-hydrogen) atoms. The van der Waals surface area contributed by atoms with Gasteiger partial charge in [-0.25, -0.2) is 4.98 Å². The van der Waals surface area contributed by atoms with Crippen LogP contribution in [-0.2, 0) is 20.1 Å². The fourth-order valence-electron chi connectivity index (χ4n) is 3.49. The molecule has 1 aliphatic heterocycles. The van der Waals surface area contributed by atoms with Gasteiger partial charge < -0.3 is 9.98 Å². The van der Waals surface area contributed by atoms with Crippen molar-refractivity contribution in [3.8, 4) is 11.3 Å². The number of thiophene rings is 1. The van der Waals surface area contributed by atoms with E-state index in [-0.39, 0.29) is 55.3 Å². The molecular formula is C30H25IrN3S-2. The van der Waals surface area contributed by atoms with Crippen LogP contribution in [0.1, 0.15) is 54.3 Å². The van der Waals surface area contributed by atoms with Crippen LogP contribution in [0.3, 0.4) is 0 Å². The Hall–Kier alpha value is -2.98. The number of fused-ring (bicyclic) bond motifs is 3. The number of aromatic nitrogens is 2. The first-order chi connectivity index (χ1) is 21.9. The maximum absolute atomic E-state index is 8.14. The van der Waals surface area contributed by atoms with Crippen molar-refractivity contribution in [3.63, 3.8) is 0 Å². The number of benzene rings is 2. The minimum atomic E-state index is -2.31. The smallest absolute Gasteiger partial charge is 0.113 e. The van der Waals surface area contributed by atoms with E-state index < -0.39 is 26.6 Å². The first-order valence-electron chi connectivity index (χ1n) is 16.8. The van der Waals surface area contributed by atoms with Crippen molar-refractivity contribution in [3.05, 3.63) is 107 Å². The van der Waals surface area contributed by atoms with Gasteiger partial charge in [0.2, 0.25) is 0 Å². The summed E-state index contributed by atoms with van der Waals surface area (Å²) < 4.78 is 98.5. The molecule has 3 aromatic heterocycles. The molecule has 1 aliphatic rings. The summed E-state index contributed by atoms with van der Waals surface area (Å²) >= 11 is 1.25. The number of rotatable bonds is 2. The number of aryl methyl sites for hydroxylation is 2. The fourth-order valence-corrected chi connectivity index (χ4v) is 4.66. The number of nitrogens with zero attached hydrogens (tertiary/aromatic N) is 3. The summed E-state index contributed by atoms with van der Waals surface area (Å²) in [6.45, 7) is -6.54. The van der Waals surface area contributed by atoms with Crippen molar-refractivity contribution in [2.45, 2.75) is 33.4 Å². The third-order valence-electron chi connectivity index (χ3n) is 5.13. The molecular weight excluding hydrogens is 627 g/mol. The molecule has 0 spiro atoms. The molecule has 0 N–H and O–H groups in total. The maximum atomic E-state index is 8.14. The topological polar surface area (TPSA) is 38.1 Å². The molecule has 4 heterocycles. The van der Waals surface area contributed by atoms with Gasteiger partial charge in [0.1, 0.15) is 4.83 Å². The van der Waals surface area contributed by atoms with Gasteiger partial charge in [0.15, 0.2) is 0 Å². The average Bonchev–Trinajstić information content (AvgIpc) is 3.39. The van der Waals surface area contributed by atoms with Crippen molar-refractivity contribution >= 4 is 37.4 Å². The molecule has 0 saturated carbocycles. The molecule has 5 aromatic rings. The van der Waals surface area contributed by atoms with E-state index >= 15 is 0 Å². The Morgan fingerprint density at radius 2 is 1.97 bits per heavy atom.